The number of thiophene rings is 1. The first-order valence-electron chi connectivity index (χ1n) is 6.14. The van der Waals surface area contributed by atoms with Crippen molar-refractivity contribution in [3.8, 4) is 0 Å². The molecule has 0 radical (unpaired) electrons. The molecule has 7 heteroatoms. The highest BCUT2D eigenvalue weighted by molar-refractivity contribution is 9.11. The molecule has 0 aliphatic heterocycles. The van der Waals surface area contributed by atoms with E-state index in [1.165, 1.54) is 11.3 Å². The number of hydrogen-bond acceptors (Lipinski definition) is 5. The fourth-order valence-corrected chi connectivity index (χ4v) is 3.02. The Morgan fingerprint density at radius 3 is 2.71 bits per heavy atom. The van der Waals surface area contributed by atoms with Gasteiger partial charge in [-0.1, -0.05) is 35.4 Å². The largest absolute Gasteiger partial charge is 0.407 e. The summed E-state index contributed by atoms with van der Waals surface area (Å²) in [7, 11) is 0. The lowest BCUT2D eigenvalue weighted by Gasteiger charge is -1.97. The summed E-state index contributed by atoms with van der Waals surface area (Å²) < 4.78 is 6.32. The van der Waals surface area contributed by atoms with Crippen molar-refractivity contribution in [2.45, 2.75) is 6.42 Å². The number of aromatic nitrogens is 2. The highest BCUT2D eigenvalue weighted by Gasteiger charge is 2.13. The summed E-state index contributed by atoms with van der Waals surface area (Å²) in [6.45, 7) is 0. The molecular weight excluding hydrogens is 354 g/mol. The minimum Gasteiger partial charge on any atom is -0.407 e. The smallest absolute Gasteiger partial charge is 0.322 e. The summed E-state index contributed by atoms with van der Waals surface area (Å²) in [5, 5.41) is 10.3. The van der Waals surface area contributed by atoms with Crippen LogP contribution in [0.2, 0.25) is 0 Å². The molecule has 2 heterocycles. The Hall–Kier alpha value is -1.99. The fraction of sp³-hybridized carbons (Fsp3) is 0.0714. The molecule has 5 nitrogen and oxygen atoms in total. The second-order valence-electron chi connectivity index (χ2n) is 4.22. The Morgan fingerprint density at radius 2 is 2.00 bits per heavy atom. The SMILES string of the molecule is O=C(Nc1nnc(Cc2ccccc2)o1)c1ccc(Br)s1. The third kappa shape index (κ3) is 3.56. The molecule has 1 aromatic carbocycles. The van der Waals surface area contributed by atoms with Gasteiger partial charge in [0.1, 0.15) is 0 Å². The van der Waals surface area contributed by atoms with Crippen LogP contribution in [0.5, 0.6) is 0 Å². The van der Waals surface area contributed by atoms with Gasteiger partial charge >= 0.3 is 6.01 Å². The molecule has 0 fully saturated rings. The monoisotopic (exact) mass is 363 g/mol. The van der Waals surface area contributed by atoms with Crippen LogP contribution in [0, 0.1) is 0 Å². The zero-order valence-corrected chi connectivity index (χ0v) is 13.1. The number of benzene rings is 1. The third-order valence-electron chi connectivity index (χ3n) is 2.68. The molecule has 0 aliphatic rings. The summed E-state index contributed by atoms with van der Waals surface area (Å²) in [6, 6.07) is 13.4. The quantitative estimate of drug-likeness (QED) is 0.766. The van der Waals surface area contributed by atoms with Gasteiger partial charge in [0.15, 0.2) is 0 Å². The molecule has 3 aromatic rings. The van der Waals surface area contributed by atoms with Crippen LogP contribution in [0.15, 0.2) is 50.7 Å². The molecule has 0 saturated carbocycles. The summed E-state index contributed by atoms with van der Waals surface area (Å²) in [5.41, 5.74) is 1.07. The van der Waals surface area contributed by atoms with E-state index >= 15 is 0 Å². The Labute approximate surface area is 133 Å². The number of carbonyl (C=O) groups excluding carboxylic acids is 1. The van der Waals surface area contributed by atoms with Crippen molar-refractivity contribution in [1.82, 2.24) is 10.2 Å². The topological polar surface area (TPSA) is 68.0 Å². The van der Waals surface area contributed by atoms with Crippen LogP contribution in [0.4, 0.5) is 6.01 Å². The van der Waals surface area contributed by atoms with Gasteiger partial charge in [0.2, 0.25) is 5.89 Å². The van der Waals surface area contributed by atoms with E-state index in [1.807, 2.05) is 36.4 Å². The highest BCUT2D eigenvalue weighted by Crippen LogP contribution is 2.23. The van der Waals surface area contributed by atoms with Crippen molar-refractivity contribution in [3.63, 3.8) is 0 Å². The van der Waals surface area contributed by atoms with Gasteiger partial charge in [-0.05, 0) is 33.6 Å². The maximum atomic E-state index is 11.9. The Morgan fingerprint density at radius 1 is 1.19 bits per heavy atom. The first-order valence-corrected chi connectivity index (χ1v) is 7.74. The molecule has 1 amide bonds. The van der Waals surface area contributed by atoms with Gasteiger partial charge in [-0.2, -0.15) is 0 Å². The number of halogens is 1. The molecular formula is C14H10BrN3O2S. The molecule has 3 rings (SSSR count). The number of nitrogens with zero attached hydrogens (tertiary/aromatic N) is 2. The van der Waals surface area contributed by atoms with Crippen molar-refractivity contribution >= 4 is 39.2 Å². The van der Waals surface area contributed by atoms with E-state index in [9.17, 15) is 4.79 Å². The first kappa shape index (κ1) is 14.0. The molecule has 0 saturated heterocycles. The van der Waals surface area contributed by atoms with E-state index in [0.717, 1.165) is 9.35 Å². The lowest BCUT2D eigenvalue weighted by atomic mass is 10.2. The van der Waals surface area contributed by atoms with E-state index in [1.54, 1.807) is 6.07 Å². The lowest BCUT2D eigenvalue weighted by molar-refractivity contribution is 0.102. The molecule has 2 aromatic heterocycles. The van der Waals surface area contributed by atoms with E-state index < -0.39 is 0 Å². The van der Waals surface area contributed by atoms with Crippen LogP contribution in [0.1, 0.15) is 21.1 Å². The summed E-state index contributed by atoms with van der Waals surface area (Å²) in [4.78, 5) is 12.5. The zero-order chi connectivity index (χ0) is 14.7. The maximum Gasteiger partial charge on any atom is 0.322 e. The minimum absolute atomic E-state index is 0.107. The number of nitrogens with one attached hydrogen (secondary N) is 1. The average Bonchev–Trinajstić information content (AvgIpc) is 3.09. The van der Waals surface area contributed by atoms with Crippen LogP contribution in [0.3, 0.4) is 0 Å². The van der Waals surface area contributed by atoms with Crippen molar-refractivity contribution in [2.75, 3.05) is 5.32 Å². The summed E-state index contributed by atoms with van der Waals surface area (Å²) >= 11 is 4.65. The van der Waals surface area contributed by atoms with Crippen molar-refractivity contribution in [2.24, 2.45) is 0 Å². The van der Waals surface area contributed by atoms with Crippen molar-refractivity contribution < 1.29 is 9.21 Å². The van der Waals surface area contributed by atoms with E-state index in [4.69, 9.17) is 4.42 Å². The number of anilines is 1. The predicted molar refractivity (Wildman–Crippen MR) is 83.5 cm³/mol. The van der Waals surface area contributed by atoms with Crippen molar-refractivity contribution in [3.05, 3.63) is 62.6 Å². The molecule has 21 heavy (non-hydrogen) atoms. The summed E-state index contributed by atoms with van der Waals surface area (Å²) in [6.07, 6.45) is 0.536. The van der Waals surface area contributed by atoms with Gasteiger partial charge in [0.05, 0.1) is 15.1 Å². The number of carbonyl (C=O) groups is 1. The predicted octanol–water partition coefficient (Wildman–Crippen LogP) is 3.74. The highest BCUT2D eigenvalue weighted by atomic mass is 79.9. The van der Waals surface area contributed by atoms with Crippen molar-refractivity contribution in [1.29, 1.82) is 0 Å². The van der Waals surface area contributed by atoms with Gasteiger partial charge in [-0.3, -0.25) is 10.1 Å². The summed E-state index contributed by atoms with van der Waals surface area (Å²) in [5.74, 6) is 0.199. The van der Waals surface area contributed by atoms with E-state index in [-0.39, 0.29) is 11.9 Å². The van der Waals surface area contributed by atoms with Gasteiger partial charge in [-0.15, -0.1) is 16.4 Å². The Bertz CT molecular complexity index is 754. The van der Waals surface area contributed by atoms with Crippen LogP contribution >= 0.6 is 27.3 Å². The third-order valence-corrected chi connectivity index (χ3v) is 4.30. The first-order chi connectivity index (χ1) is 10.2. The number of rotatable bonds is 4. The molecule has 0 spiro atoms. The molecule has 0 atom stereocenters. The molecule has 0 aliphatic carbocycles. The van der Waals surface area contributed by atoms with E-state index in [2.05, 4.69) is 31.4 Å². The second-order valence-corrected chi connectivity index (χ2v) is 6.68. The van der Waals surface area contributed by atoms with Crippen LogP contribution in [0.25, 0.3) is 0 Å². The van der Waals surface area contributed by atoms with Crippen LogP contribution in [-0.4, -0.2) is 16.1 Å². The minimum atomic E-state index is -0.263. The Kier molecular flexibility index (Phi) is 4.12. The standard InChI is InChI=1S/C14H10BrN3O2S/c15-11-7-6-10(21-11)13(19)16-14-18-17-12(20-14)8-9-4-2-1-3-5-9/h1-7H,8H2,(H,16,18,19). The van der Waals surface area contributed by atoms with Crippen LogP contribution < -0.4 is 5.32 Å². The zero-order valence-electron chi connectivity index (χ0n) is 10.7. The molecule has 0 bridgehead atoms. The molecule has 106 valence electrons. The average molecular weight is 364 g/mol. The van der Waals surface area contributed by atoms with Gasteiger partial charge in [0.25, 0.3) is 5.91 Å². The molecule has 0 unspecified atom stereocenters. The second kappa shape index (κ2) is 6.19. The van der Waals surface area contributed by atoms with E-state index in [0.29, 0.717) is 17.2 Å². The van der Waals surface area contributed by atoms with Crippen LogP contribution in [-0.2, 0) is 6.42 Å². The number of hydrogen-bond donors (Lipinski definition) is 1. The normalized spacial score (nSPS) is 10.5. The number of amides is 1. The van der Waals surface area contributed by atoms with Gasteiger partial charge in [0, 0.05) is 0 Å². The van der Waals surface area contributed by atoms with Gasteiger partial charge in [-0.25, -0.2) is 0 Å². The maximum absolute atomic E-state index is 11.9. The fourth-order valence-electron chi connectivity index (χ4n) is 1.74. The lowest BCUT2D eigenvalue weighted by Crippen LogP contribution is -2.10. The molecule has 1 N–H and O–H groups in total. The van der Waals surface area contributed by atoms with Gasteiger partial charge < -0.3 is 4.42 Å². The Balaban J connectivity index is 1.66.